The Hall–Kier alpha value is -2.76. The Labute approximate surface area is 118 Å². The number of imidazole rings is 1. The van der Waals surface area contributed by atoms with E-state index in [2.05, 4.69) is 15.1 Å². The Balaban J connectivity index is 2.03. The van der Waals surface area contributed by atoms with Gasteiger partial charge >= 0.3 is 0 Å². The summed E-state index contributed by atoms with van der Waals surface area (Å²) in [5, 5.41) is 5.32. The molecule has 0 saturated heterocycles. The van der Waals surface area contributed by atoms with Crippen LogP contribution in [0.5, 0.6) is 0 Å². The minimum absolute atomic E-state index is 0.0141. The SMILES string of the molecule is Cn1nc(-c2nc3c(F)c(F)ccc3[nH]2)c2ccccc21. The molecular weight excluding hydrogens is 274 g/mol. The number of hydrogen-bond donors (Lipinski definition) is 1. The number of nitrogens with one attached hydrogen (secondary N) is 1. The molecule has 0 radical (unpaired) electrons. The summed E-state index contributed by atoms with van der Waals surface area (Å²) < 4.78 is 28.8. The van der Waals surface area contributed by atoms with E-state index in [9.17, 15) is 8.78 Å². The average molecular weight is 284 g/mol. The number of aromatic amines is 1. The topological polar surface area (TPSA) is 46.5 Å². The molecule has 0 unspecified atom stereocenters. The van der Waals surface area contributed by atoms with E-state index in [0.717, 1.165) is 17.0 Å². The van der Waals surface area contributed by atoms with Crippen LogP contribution in [0.15, 0.2) is 36.4 Å². The largest absolute Gasteiger partial charge is 0.336 e. The van der Waals surface area contributed by atoms with Crippen molar-refractivity contribution >= 4 is 21.9 Å². The first-order valence-electron chi connectivity index (χ1n) is 6.41. The minimum Gasteiger partial charge on any atom is -0.336 e. The van der Waals surface area contributed by atoms with Gasteiger partial charge in [-0.2, -0.15) is 5.10 Å². The van der Waals surface area contributed by atoms with Crippen LogP contribution >= 0.6 is 0 Å². The molecule has 0 aliphatic carbocycles. The van der Waals surface area contributed by atoms with Crippen LogP contribution in [-0.2, 0) is 7.05 Å². The predicted molar refractivity (Wildman–Crippen MR) is 75.7 cm³/mol. The first-order valence-corrected chi connectivity index (χ1v) is 6.41. The molecule has 2 aromatic carbocycles. The molecule has 6 heteroatoms. The van der Waals surface area contributed by atoms with Gasteiger partial charge in [-0.1, -0.05) is 18.2 Å². The quantitative estimate of drug-likeness (QED) is 0.582. The summed E-state index contributed by atoms with van der Waals surface area (Å²) in [6.07, 6.45) is 0. The first kappa shape index (κ1) is 12.0. The van der Waals surface area contributed by atoms with Gasteiger partial charge in [0.05, 0.1) is 11.0 Å². The molecule has 0 fully saturated rings. The molecule has 1 N–H and O–H groups in total. The van der Waals surface area contributed by atoms with Gasteiger partial charge in [-0.3, -0.25) is 4.68 Å². The van der Waals surface area contributed by atoms with Crippen molar-refractivity contribution in [1.29, 1.82) is 0 Å². The second kappa shape index (κ2) is 4.12. The van der Waals surface area contributed by atoms with Gasteiger partial charge in [0.2, 0.25) is 0 Å². The lowest BCUT2D eigenvalue weighted by Gasteiger charge is -1.91. The summed E-state index contributed by atoms with van der Waals surface area (Å²) in [6, 6.07) is 10.2. The summed E-state index contributed by atoms with van der Waals surface area (Å²) in [7, 11) is 1.83. The molecule has 0 amide bonds. The van der Waals surface area contributed by atoms with E-state index in [1.165, 1.54) is 6.07 Å². The number of nitrogens with zero attached hydrogens (tertiary/aromatic N) is 3. The fraction of sp³-hybridized carbons (Fsp3) is 0.0667. The van der Waals surface area contributed by atoms with Crippen LogP contribution < -0.4 is 0 Å². The number of rotatable bonds is 1. The fourth-order valence-electron chi connectivity index (χ4n) is 2.52. The summed E-state index contributed by atoms with van der Waals surface area (Å²) in [5.74, 6) is -1.44. The fourth-order valence-corrected chi connectivity index (χ4v) is 2.52. The van der Waals surface area contributed by atoms with E-state index in [4.69, 9.17) is 0 Å². The third-order valence-electron chi connectivity index (χ3n) is 3.53. The molecule has 0 bridgehead atoms. The maximum Gasteiger partial charge on any atom is 0.186 e. The Kier molecular flexibility index (Phi) is 2.35. The van der Waals surface area contributed by atoms with E-state index in [-0.39, 0.29) is 5.52 Å². The number of aromatic nitrogens is 4. The van der Waals surface area contributed by atoms with Gasteiger partial charge in [-0.05, 0) is 18.2 Å². The highest BCUT2D eigenvalue weighted by Crippen LogP contribution is 2.28. The molecule has 4 rings (SSSR count). The lowest BCUT2D eigenvalue weighted by Crippen LogP contribution is -1.90. The number of aryl methyl sites for hydroxylation is 1. The lowest BCUT2D eigenvalue weighted by atomic mass is 10.2. The maximum absolute atomic E-state index is 13.8. The highest BCUT2D eigenvalue weighted by atomic mass is 19.2. The summed E-state index contributed by atoms with van der Waals surface area (Å²) >= 11 is 0. The third-order valence-corrected chi connectivity index (χ3v) is 3.53. The van der Waals surface area contributed by atoms with E-state index in [1.807, 2.05) is 31.3 Å². The Morgan fingerprint density at radius 1 is 1.10 bits per heavy atom. The number of H-pyrrole nitrogens is 1. The van der Waals surface area contributed by atoms with Crippen LogP contribution in [0, 0.1) is 11.6 Å². The maximum atomic E-state index is 13.8. The Morgan fingerprint density at radius 2 is 1.90 bits per heavy atom. The second-order valence-electron chi connectivity index (χ2n) is 4.83. The zero-order valence-electron chi connectivity index (χ0n) is 11.1. The standard InChI is InChI=1S/C15H10F2N4/c1-21-11-5-3-2-4-8(11)13(20-21)15-18-10-7-6-9(16)12(17)14(10)19-15/h2-7H,1H3,(H,18,19). The van der Waals surface area contributed by atoms with Crippen LogP contribution in [0.25, 0.3) is 33.5 Å². The van der Waals surface area contributed by atoms with Crippen molar-refractivity contribution in [3.05, 3.63) is 48.0 Å². The van der Waals surface area contributed by atoms with Crippen molar-refractivity contribution in [2.24, 2.45) is 7.05 Å². The molecule has 0 aliphatic heterocycles. The highest BCUT2D eigenvalue weighted by molar-refractivity contribution is 5.93. The molecule has 2 aromatic heterocycles. The summed E-state index contributed by atoms with van der Waals surface area (Å²) in [6.45, 7) is 0. The van der Waals surface area contributed by atoms with Crippen LogP contribution in [-0.4, -0.2) is 19.7 Å². The molecule has 4 aromatic rings. The Bertz CT molecular complexity index is 984. The number of benzene rings is 2. The summed E-state index contributed by atoms with van der Waals surface area (Å²) in [4.78, 5) is 7.15. The number of hydrogen-bond acceptors (Lipinski definition) is 2. The minimum atomic E-state index is -0.949. The molecule has 0 saturated carbocycles. The molecule has 4 nitrogen and oxygen atoms in total. The number of para-hydroxylation sites is 1. The summed E-state index contributed by atoms with van der Waals surface area (Å²) in [5.41, 5.74) is 1.99. The van der Waals surface area contributed by atoms with E-state index in [1.54, 1.807) is 4.68 Å². The molecular formula is C15H10F2N4. The molecule has 0 spiro atoms. The van der Waals surface area contributed by atoms with Gasteiger partial charge < -0.3 is 4.98 Å². The van der Waals surface area contributed by atoms with Crippen LogP contribution in [0.3, 0.4) is 0 Å². The zero-order valence-corrected chi connectivity index (χ0v) is 11.1. The molecule has 21 heavy (non-hydrogen) atoms. The van der Waals surface area contributed by atoms with Crippen LogP contribution in [0.1, 0.15) is 0 Å². The predicted octanol–water partition coefficient (Wildman–Crippen LogP) is 3.39. The van der Waals surface area contributed by atoms with Crippen LogP contribution in [0.4, 0.5) is 8.78 Å². The average Bonchev–Trinajstić information content (AvgIpc) is 3.06. The normalized spacial score (nSPS) is 11.6. The van der Waals surface area contributed by atoms with Crippen molar-refractivity contribution < 1.29 is 8.78 Å². The number of halogens is 2. The van der Waals surface area contributed by atoms with Crippen LogP contribution in [0.2, 0.25) is 0 Å². The van der Waals surface area contributed by atoms with Gasteiger partial charge in [0.1, 0.15) is 11.2 Å². The van der Waals surface area contributed by atoms with Crippen molar-refractivity contribution in [2.45, 2.75) is 0 Å². The van der Waals surface area contributed by atoms with Crippen molar-refractivity contribution in [3.63, 3.8) is 0 Å². The molecule has 0 atom stereocenters. The molecule has 0 aliphatic rings. The van der Waals surface area contributed by atoms with Gasteiger partial charge in [-0.15, -0.1) is 0 Å². The first-order chi connectivity index (χ1) is 10.1. The van der Waals surface area contributed by atoms with E-state index in [0.29, 0.717) is 17.0 Å². The highest BCUT2D eigenvalue weighted by Gasteiger charge is 2.17. The zero-order chi connectivity index (χ0) is 14.6. The lowest BCUT2D eigenvalue weighted by molar-refractivity contribution is 0.515. The Morgan fingerprint density at radius 3 is 2.76 bits per heavy atom. The van der Waals surface area contributed by atoms with Crippen molar-refractivity contribution in [3.8, 4) is 11.5 Å². The number of fused-ring (bicyclic) bond motifs is 2. The van der Waals surface area contributed by atoms with Crippen molar-refractivity contribution in [1.82, 2.24) is 19.7 Å². The van der Waals surface area contributed by atoms with Gasteiger partial charge in [0, 0.05) is 12.4 Å². The molecule has 104 valence electrons. The van der Waals surface area contributed by atoms with Crippen molar-refractivity contribution in [2.75, 3.05) is 0 Å². The second-order valence-corrected chi connectivity index (χ2v) is 4.83. The van der Waals surface area contributed by atoms with E-state index < -0.39 is 11.6 Å². The smallest absolute Gasteiger partial charge is 0.186 e. The van der Waals surface area contributed by atoms with Gasteiger partial charge in [-0.25, -0.2) is 13.8 Å². The third kappa shape index (κ3) is 1.65. The van der Waals surface area contributed by atoms with E-state index >= 15 is 0 Å². The molecule has 2 heterocycles. The van der Waals surface area contributed by atoms with Gasteiger partial charge in [0.15, 0.2) is 17.5 Å². The van der Waals surface area contributed by atoms with Gasteiger partial charge in [0.25, 0.3) is 0 Å². The monoisotopic (exact) mass is 284 g/mol.